The van der Waals surface area contributed by atoms with Crippen molar-refractivity contribution in [1.82, 2.24) is 4.90 Å². The summed E-state index contributed by atoms with van der Waals surface area (Å²) in [6, 6.07) is 4.62. The number of hydrogen-bond donors (Lipinski definition) is 0. The molecule has 3 rings (SSSR count). The lowest BCUT2D eigenvalue weighted by atomic mass is 9.88. The van der Waals surface area contributed by atoms with Crippen molar-refractivity contribution in [2.24, 2.45) is 5.92 Å². The van der Waals surface area contributed by atoms with Crippen LogP contribution in [0.5, 0.6) is 0 Å². The van der Waals surface area contributed by atoms with E-state index in [-0.39, 0.29) is 47.7 Å². The average Bonchev–Trinajstić information content (AvgIpc) is 2.45. The van der Waals surface area contributed by atoms with Crippen LogP contribution in [0.1, 0.15) is 50.3 Å². The van der Waals surface area contributed by atoms with Crippen molar-refractivity contribution in [3.8, 4) is 0 Å². The van der Waals surface area contributed by atoms with Gasteiger partial charge in [0.1, 0.15) is 5.82 Å². The zero-order chi connectivity index (χ0) is 17.5. The van der Waals surface area contributed by atoms with Gasteiger partial charge in [0.2, 0.25) is 5.91 Å². The average molecular weight is 353 g/mol. The highest BCUT2D eigenvalue weighted by molar-refractivity contribution is 7.91. The maximum absolute atomic E-state index is 13.4. The summed E-state index contributed by atoms with van der Waals surface area (Å²) in [5.41, 5.74) is 1.94. The molecule has 0 aliphatic carbocycles. The molecule has 1 aromatic carbocycles. The van der Waals surface area contributed by atoms with E-state index < -0.39 is 9.84 Å². The summed E-state index contributed by atoms with van der Waals surface area (Å²) in [4.78, 5) is 14.7. The third-order valence-electron chi connectivity index (χ3n) is 5.27. The standard InChI is InChI=1S/C18H24FNO3S/c1-12-8-15-10-16(19)5-6-17(15)13(2)20(12)18(21)9-14-4-3-7-24(22,23)11-14/h5-6,10,12-14H,3-4,7-9,11H2,1-2H3. The summed E-state index contributed by atoms with van der Waals surface area (Å²) in [7, 11) is -3.00. The minimum atomic E-state index is -3.00. The lowest BCUT2D eigenvalue weighted by Crippen LogP contribution is -2.46. The Bertz CT molecular complexity index is 747. The molecule has 6 heteroatoms. The lowest BCUT2D eigenvalue weighted by molar-refractivity contribution is -0.137. The van der Waals surface area contributed by atoms with Crippen molar-refractivity contribution in [1.29, 1.82) is 0 Å². The van der Waals surface area contributed by atoms with Gasteiger partial charge < -0.3 is 4.90 Å². The van der Waals surface area contributed by atoms with Gasteiger partial charge in [-0.15, -0.1) is 0 Å². The highest BCUT2D eigenvalue weighted by Gasteiger charge is 2.35. The first-order valence-electron chi connectivity index (χ1n) is 8.57. The summed E-state index contributed by atoms with van der Waals surface area (Å²) in [6.45, 7) is 3.93. The molecule has 0 bridgehead atoms. The van der Waals surface area contributed by atoms with E-state index in [9.17, 15) is 17.6 Å². The topological polar surface area (TPSA) is 54.5 Å². The molecule has 1 aromatic rings. The molecular formula is C18H24FNO3S. The molecule has 3 unspecified atom stereocenters. The van der Waals surface area contributed by atoms with E-state index in [0.717, 1.165) is 17.5 Å². The van der Waals surface area contributed by atoms with Gasteiger partial charge in [-0.05, 0) is 62.3 Å². The van der Waals surface area contributed by atoms with Crippen LogP contribution in [0.4, 0.5) is 4.39 Å². The van der Waals surface area contributed by atoms with E-state index in [2.05, 4.69) is 0 Å². The summed E-state index contributed by atoms with van der Waals surface area (Å²) in [5.74, 6) is 0.0438. The van der Waals surface area contributed by atoms with Gasteiger partial charge in [0, 0.05) is 12.5 Å². The number of sulfone groups is 1. The van der Waals surface area contributed by atoms with E-state index >= 15 is 0 Å². The molecule has 2 aliphatic rings. The maximum Gasteiger partial charge on any atom is 0.223 e. The van der Waals surface area contributed by atoms with Crippen molar-refractivity contribution in [3.63, 3.8) is 0 Å². The highest BCUT2D eigenvalue weighted by Crippen LogP contribution is 2.34. The predicted octanol–water partition coefficient (Wildman–Crippen LogP) is 2.87. The van der Waals surface area contributed by atoms with E-state index in [0.29, 0.717) is 12.8 Å². The van der Waals surface area contributed by atoms with Gasteiger partial charge in [-0.1, -0.05) is 6.07 Å². The molecule has 2 aliphatic heterocycles. The number of hydrogen-bond acceptors (Lipinski definition) is 3. The highest BCUT2D eigenvalue weighted by atomic mass is 32.2. The summed E-state index contributed by atoms with van der Waals surface area (Å²) in [5, 5.41) is 0. The Labute approximate surface area is 143 Å². The Morgan fingerprint density at radius 2 is 2.08 bits per heavy atom. The van der Waals surface area contributed by atoms with Gasteiger partial charge in [0.05, 0.1) is 17.5 Å². The van der Waals surface area contributed by atoms with Crippen molar-refractivity contribution < 1.29 is 17.6 Å². The number of benzene rings is 1. The monoisotopic (exact) mass is 353 g/mol. The molecule has 4 nitrogen and oxygen atoms in total. The van der Waals surface area contributed by atoms with Crippen molar-refractivity contribution >= 4 is 15.7 Å². The largest absolute Gasteiger partial charge is 0.333 e. The first-order chi connectivity index (χ1) is 11.3. The summed E-state index contributed by atoms with van der Waals surface area (Å²) < 4.78 is 37.0. The first kappa shape index (κ1) is 17.4. The maximum atomic E-state index is 13.4. The van der Waals surface area contributed by atoms with Crippen LogP contribution in [0.3, 0.4) is 0 Å². The Morgan fingerprint density at radius 1 is 1.33 bits per heavy atom. The Hall–Kier alpha value is -1.43. The van der Waals surface area contributed by atoms with Crippen LogP contribution < -0.4 is 0 Å². The number of carbonyl (C=O) groups excluding carboxylic acids is 1. The molecule has 0 N–H and O–H groups in total. The normalized spacial score (nSPS) is 29.1. The number of halogens is 1. The van der Waals surface area contributed by atoms with Gasteiger partial charge in [-0.25, -0.2) is 12.8 Å². The fraction of sp³-hybridized carbons (Fsp3) is 0.611. The van der Waals surface area contributed by atoms with Crippen LogP contribution in [-0.2, 0) is 21.1 Å². The quantitative estimate of drug-likeness (QED) is 0.821. The predicted molar refractivity (Wildman–Crippen MR) is 90.8 cm³/mol. The molecular weight excluding hydrogens is 329 g/mol. The van der Waals surface area contributed by atoms with Gasteiger partial charge in [0.15, 0.2) is 9.84 Å². The molecule has 1 saturated heterocycles. The van der Waals surface area contributed by atoms with Crippen LogP contribution >= 0.6 is 0 Å². The van der Waals surface area contributed by atoms with E-state index in [1.807, 2.05) is 18.7 Å². The number of fused-ring (bicyclic) bond motifs is 1. The Balaban J connectivity index is 1.76. The summed E-state index contributed by atoms with van der Waals surface area (Å²) >= 11 is 0. The Morgan fingerprint density at radius 3 is 2.79 bits per heavy atom. The van der Waals surface area contributed by atoms with Crippen LogP contribution in [0.15, 0.2) is 18.2 Å². The fourth-order valence-electron chi connectivity index (χ4n) is 4.20. The molecule has 0 saturated carbocycles. The van der Waals surface area contributed by atoms with Gasteiger partial charge in [-0.3, -0.25) is 4.79 Å². The number of rotatable bonds is 2. The van der Waals surface area contributed by atoms with Crippen LogP contribution in [0, 0.1) is 11.7 Å². The molecule has 0 radical (unpaired) electrons. The van der Waals surface area contributed by atoms with Gasteiger partial charge >= 0.3 is 0 Å². The van der Waals surface area contributed by atoms with Crippen LogP contribution in [-0.4, -0.2) is 36.8 Å². The minimum absolute atomic E-state index is 0.00655. The number of nitrogens with zero attached hydrogens (tertiary/aromatic N) is 1. The lowest BCUT2D eigenvalue weighted by Gasteiger charge is -2.41. The Kier molecular flexibility index (Phi) is 4.69. The molecule has 1 amide bonds. The number of amides is 1. The molecule has 132 valence electrons. The smallest absolute Gasteiger partial charge is 0.223 e. The molecule has 24 heavy (non-hydrogen) atoms. The zero-order valence-corrected chi connectivity index (χ0v) is 15.0. The second kappa shape index (κ2) is 6.47. The van der Waals surface area contributed by atoms with Crippen molar-refractivity contribution in [2.45, 2.75) is 51.6 Å². The number of carbonyl (C=O) groups is 1. The third kappa shape index (κ3) is 3.48. The van der Waals surface area contributed by atoms with Gasteiger partial charge in [0.25, 0.3) is 0 Å². The molecule has 0 spiro atoms. The van der Waals surface area contributed by atoms with Gasteiger partial charge in [-0.2, -0.15) is 0 Å². The second-order valence-corrected chi connectivity index (χ2v) is 9.43. The fourth-order valence-corrected chi connectivity index (χ4v) is 5.98. The summed E-state index contributed by atoms with van der Waals surface area (Å²) in [6.07, 6.45) is 2.35. The molecule has 3 atom stereocenters. The van der Waals surface area contributed by atoms with E-state index in [1.54, 1.807) is 12.1 Å². The molecule has 1 fully saturated rings. The SMILES string of the molecule is CC1Cc2cc(F)ccc2C(C)N1C(=O)CC1CCCS(=O)(=O)C1. The zero-order valence-electron chi connectivity index (χ0n) is 14.2. The van der Waals surface area contributed by atoms with E-state index in [1.165, 1.54) is 6.07 Å². The molecule has 0 aromatic heterocycles. The van der Waals surface area contributed by atoms with Crippen LogP contribution in [0.25, 0.3) is 0 Å². The minimum Gasteiger partial charge on any atom is -0.333 e. The third-order valence-corrected chi connectivity index (χ3v) is 7.16. The van der Waals surface area contributed by atoms with Crippen LogP contribution in [0.2, 0.25) is 0 Å². The second-order valence-electron chi connectivity index (χ2n) is 7.20. The first-order valence-corrected chi connectivity index (χ1v) is 10.4. The molecule has 2 heterocycles. The van der Waals surface area contributed by atoms with E-state index in [4.69, 9.17) is 0 Å². The van der Waals surface area contributed by atoms with Crippen molar-refractivity contribution in [2.75, 3.05) is 11.5 Å². The van der Waals surface area contributed by atoms with Crippen molar-refractivity contribution in [3.05, 3.63) is 35.1 Å².